The van der Waals surface area contributed by atoms with Crippen molar-refractivity contribution >= 4 is 27.3 Å². The quantitative estimate of drug-likeness (QED) is 0.652. The van der Waals surface area contributed by atoms with Crippen LogP contribution in [0.25, 0.3) is 0 Å². The minimum absolute atomic E-state index is 0.0138. The molecule has 0 aliphatic carbocycles. The molecule has 2 heterocycles. The van der Waals surface area contributed by atoms with E-state index in [0.29, 0.717) is 10.8 Å². The second-order valence-electron chi connectivity index (χ2n) is 5.30. The van der Waals surface area contributed by atoms with E-state index < -0.39 is 15.7 Å². The minimum atomic E-state index is -3.52. The second kappa shape index (κ2) is 7.71. The van der Waals surface area contributed by atoms with E-state index in [2.05, 4.69) is 15.5 Å². The van der Waals surface area contributed by atoms with Gasteiger partial charge in [0.1, 0.15) is 5.76 Å². The van der Waals surface area contributed by atoms with E-state index in [1.165, 1.54) is 30.5 Å². The fourth-order valence-corrected chi connectivity index (χ4v) is 3.45. The van der Waals surface area contributed by atoms with Crippen LogP contribution in [0.1, 0.15) is 22.3 Å². The van der Waals surface area contributed by atoms with Gasteiger partial charge in [-0.1, -0.05) is 16.8 Å². The Bertz CT molecular complexity index is 981. The lowest BCUT2D eigenvalue weighted by atomic mass is 10.4. The lowest BCUT2D eigenvalue weighted by molar-refractivity contribution is 0.0904. The molecule has 0 fully saturated rings. The Labute approximate surface area is 154 Å². The molecule has 8 nitrogen and oxygen atoms in total. The second-order valence-corrected chi connectivity index (χ2v) is 7.85. The number of aromatic nitrogens is 2. The van der Waals surface area contributed by atoms with Crippen molar-refractivity contribution < 1.29 is 22.2 Å². The number of amides is 1. The summed E-state index contributed by atoms with van der Waals surface area (Å²) in [4.78, 5) is 16.0. The molecule has 136 valence electrons. The van der Waals surface area contributed by atoms with Crippen molar-refractivity contribution in [2.24, 2.45) is 0 Å². The first-order valence-corrected chi connectivity index (χ1v) is 9.58. The highest BCUT2D eigenvalue weighted by molar-refractivity contribution is 7.91. The zero-order chi connectivity index (χ0) is 18.6. The number of furan rings is 1. The maximum atomic E-state index is 12.3. The van der Waals surface area contributed by atoms with Crippen LogP contribution in [0.4, 0.5) is 0 Å². The van der Waals surface area contributed by atoms with Crippen molar-refractivity contribution in [1.29, 1.82) is 0 Å². The summed E-state index contributed by atoms with van der Waals surface area (Å²) in [6.07, 6.45) is 1.51. The molecule has 0 atom stereocenters. The largest absolute Gasteiger partial charge is 0.467 e. The smallest absolute Gasteiger partial charge is 0.315 e. The van der Waals surface area contributed by atoms with Gasteiger partial charge in [-0.3, -0.25) is 4.79 Å². The molecule has 1 amide bonds. The Balaban J connectivity index is 1.57. The van der Waals surface area contributed by atoms with E-state index in [1.807, 2.05) is 0 Å². The fourth-order valence-electron chi connectivity index (χ4n) is 2.09. The van der Waals surface area contributed by atoms with Crippen molar-refractivity contribution in [2.45, 2.75) is 17.9 Å². The lowest BCUT2D eigenvalue weighted by Gasteiger charge is -2.02. The molecular formula is C16H14ClN3O5S. The van der Waals surface area contributed by atoms with Crippen LogP contribution in [0.15, 0.2) is 56.5 Å². The third-order valence-corrected chi connectivity index (χ3v) is 5.42. The maximum absolute atomic E-state index is 12.3. The molecule has 26 heavy (non-hydrogen) atoms. The number of aryl methyl sites for hydroxylation is 1. The van der Waals surface area contributed by atoms with Crippen molar-refractivity contribution in [1.82, 2.24) is 15.5 Å². The molecular weight excluding hydrogens is 382 g/mol. The molecule has 0 spiro atoms. The number of hydrogen-bond acceptors (Lipinski definition) is 7. The molecule has 1 N–H and O–H groups in total. The van der Waals surface area contributed by atoms with Gasteiger partial charge < -0.3 is 14.3 Å². The third kappa shape index (κ3) is 4.50. The van der Waals surface area contributed by atoms with E-state index in [0.717, 1.165) is 0 Å². The maximum Gasteiger partial charge on any atom is 0.315 e. The van der Waals surface area contributed by atoms with Gasteiger partial charge >= 0.3 is 11.8 Å². The normalized spacial score (nSPS) is 11.4. The number of hydrogen-bond donors (Lipinski definition) is 1. The Hall–Kier alpha value is -2.65. The van der Waals surface area contributed by atoms with Gasteiger partial charge in [-0.05, 0) is 36.4 Å². The summed E-state index contributed by atoms with van der Waals surface area (Å²) >= 11 is 5.75. The summed E-state index contributed by atoms with van der Waals surface area (Å²) in [7, 11) is -3.52. The number of nitrogens with one attached hydrogen (secondary N) is 1. The van der Waals surface area contributed by atoms with E-state index in [-0.39, 0.29) is 35.3 Å². The highest BCUT2D eigenvalue weighted by Gasteiger charge is 2.19. The number of carbonyl (C=O) groups is 1. The summed E-state index contributed by atoms with van der Waals surface area (Å²) in [5, 5.41) is 6.65. The first-order valence-electron chi connectivity index (χ1n) is 7.55. The van der Waals surface area contributed by atoms with E-state index in [4.69, 9.17) is 20.5 Å². The first kappa shape index (κ1) is 18.2. The zero-order valence-corrected chi connectivity index (χ0v) is 15.0. The molecule has 0 bridgehead atoms. The molecule has 0 aliphatic rings. The Morgan fingerprint density at radius 1 is 1.19 bits per heavy atom. The van der Waals surface area contributed by atoms with Gasteiger partial charge in [-0.25, -0.2) is 8.42 Å². The minimum Gasteiger partial charge on any atom is -0.467 e. The predicted octanol–water partition coefficient (Wildman–Crippen LogP) is 2.26. The van der Waals surface area contributed by atoms with Crippen molar-refractivity contribution in [2.75, 3.05) is 5.75 Å². The van der Waals surface area contributed by atoms with Crippen LogP contribution in [-0.2, 0) is 22.8 Å². The number of halogens is 1. The molecule has 1 aromatic carbocycles. The average Bonchev–Trinajstić information content (AvgIpc) is 3.30. The Kier molecular flexibility index (Phi) is 5.38. The molecule has 0 saturated carbocycles. The van der Waals surface area contributed by atoms with Crippen LogP contribution < -0.4 is 5.32 Å². The highest BCUT2D eigenvalue weighted by Crippen LogP contribution is 2.16. The average molecular weight is 396 g/mol. The van der Waals surface area contributed by atoms with Crippen molar-refractivity contribution in [3.05, 3.63) is 65.2 Å². The molecule has 0 radical (unpaired) electrons. The Morgan fingerprint density at radius 3 is 2.65 bits per heavy atom. The van der Waals surface area contributed by atoms with Crippen molar-refractivity contribution in [3.8, 4) is 0 Å². The monoisotopic (exact) mass is 395 g/mol. The third-order valence-electron chi connectivity index (χ3n) is 3.43. The molecule has 3 aromatic rings. The highest BCUT2D eigenvalue weighted by atomic mass is 35.5. The summed E-state index contributed by atoms with van der Waals surface area (Å²) in [6.45, 7) is 0.175. The number of nitrogens with zero attached hydrogens (tertiary/aromatic N) is 2. The van der Waals surface area contributed by atoms with Gasteiger partial charge in [0, 0.05) is 11.4 Å². The zero-order valence-electron chi connectivity index (χ0n) is 13.4. The fraction of sp³-hybridized carbons (Fsp3) is 0.188. The number of benzene rings is 1. The predicted molar refractivity (Wildman–Crippen MR) is 91.4 cm³/mol. The summed E-state index contributed by atoms with van der Waals surface area (Å²) < 4.78 is 34.5. The van der Waals surface area contributed by atoms with E-state index >= 15 is 0 Å². The van der Waals surface area contributed by atoms with E-state index in [1.54, 1.807) is 12.1 Å². The van der Waals surface area contributed by atoms with Gasteiger partial charge in [0.25, 0.3) is 0 Å². The molecule has 3 rings (SSSR count). The Morgan fingerprint density at radius 2 is 1.96 bits per heavy atom. The standard InChI is InChI=1S/C16H14ClN3O5S/c17-11-3-5-13(6-4-11)26(22,23)9-7-14-19-16(25-20-14)15(21)18-10-12-2-1-8-24-12/h1-6,8H,7,9-10H2,(H,18,21). The number of sulfone groups is 1. The topological polar surface area (TPSA) is 115 Å². The molecule has 0 unspecified atom stereocenters. The van der Waals surface area contributed by atoms with Crippen LogP contribution >= 0.6 is 11.6 Å². The molecule has 0 saturated heterocycles. The molecule has 2 aromatic heterocycles. The van der Waals surface area contributed by atoms with Gasteiger partial charge in [-0.15, -0.1) is 0 Å². The van der Waals surface area contributed by atoms with Gasteiger partial charge in [0.2, 0.25) is 0 Å². The van der Waals surface area contributed by atoms with Crippen LogP contribution in [0.2, 0.25) is 5.02 Å². The van der Waals surface area contributed by atoms with Crippen LogP contribution in [-0.4, -0.2) is 30.2 Å². The number of carbonyl (C=O) groups excluding carboxylic acids is 1. The first-order chi connectivity index (χ1) is 12.4. The van der Waals surface area contributed by atoms with Gasteiger partial charge in [0.05, 0.1) is 23.5 Å². The van der Waals surface area contributed by atoms with Crippen molar-refractivity contribution in [3.63, 3.8) is 0 Å². The van der Waals surface area contributed by atoms with E-state index in [9.17, 15) is 13.2 Å². The number of rotatable bonds is 7. The van der Waals surface area contributed by atoms with Gasteiger partial charge in [-0.2, -0.15) is 4.98 Å². The molecule has 10 heteroatoms. The van der Waals surface area contributed by atoms with Crippen LogP contribution in [0.3, 0.4) is 0 Å². The van der Waals surface area contributed by atoms with Crippen LogP contribution in [0.5, 0.6) is 0 Å². The lowest BCUT2D eigenvalue weighted by Crippen LogP contribution is -2.23. The van der Waals surface area contributed by atoms with Gasteiger partial charge in [0.15, 0.2) is 15.7 Å². The van der Waals surface area contributed by atoms with Crippen LogP contribution in [0, 0.1) is 0 Å². The summed E-state index contributed by atoms with van der Waals surface area (Å²) in [6, 6.07) is 9.28. The molecule has 0 aliphatic heterocycles. The SMILES string of the molecule is O=C(NCc1ccco1)c1nc(CCS(=O)(=O)c2ccc(Cl)cc2)no1. The summed E-state index contributed by atoms with van der Waals surface area (Å²) in [5.74, 6) is -0.323. The summed E-state index contributed by atoms with van der Waals surface area (Å²) in [5.41, 5.74) is 0.